The molecule has 2 heterocycles. The lowest BCUT2D eigenvalue weighted by atomic mass is 10.2. The van der Waals surface area contributed by atoms with Crippen LogP contribution in [0, 0.1) is 0 Å². The van der Waals surface area contributed by atoms with Crippen molar-refractivity contribution in [3.05, 3.63) is 64.0 Å². The molecule has 2 aliphatic heterocycles. The second-order valence-corrected chi connectivity index (χ2v) is 8.73. The van der Waals surface area contributed by atoms with Crippen LogP contribution < -0.4 is 9.64 Å². The van der Waals surface area contributed by atoms with Crippen LogP contribution in [0.3, 0.4) is 0 Å². The zero-order chi connectivity index (χ0) is 19.0. The highest BCUT2D eigenvalue weighted by Gasteiger charge is 2.38. The quantitative estimate of drug-likeness (QED) is 0.525. The maximum Gasteiger partial charge on any atom is 0.269 e. The van der Waals surface area contributed by atoms with Gasteiger partial charge < -0.3 is 9.64 Å². The topological polar surface area (TPSA) is 32.8 Å². The molecule has 0 atom stereocenters. The number of nitrogens with zero attached hydrogens (tertiary/aromatic N) is 2. The molecule has 4 rings (SSSR count). The first-order valence-corrected chi connectivity index (χ1v) is 10.6. The minimum Gasteiger partial charge on any atom is -0.497 e. The summed E-state index contributed by atoms with van der Waals surface area (Å²) in [5, 5.41) is 0.952. The number of hydrogen-bond acceptors (Lipinski definition) is 6. The first-order valence-electron chi connectivity index (χ1n) is 8.57. The normalized spacial score (nSPS) is 19.0. The van der Waals surface area contributed by atoms with Gasteiger partial charge in [0.15, 0.2) is 0 Å². The number of anilines is 1. The molecule has 7 heteroatoms. The Morgan fingerprint density at radius 1 is 1.07 bits per heavy atom. The highest BCUT2D eigenvalue weighted by molar-refractivity contribution is 8.27. The average molecular weight is 415 g/mol. The molecule has 0 N–H and O–H groups in total. The number of carbonyl (C=O) groups is 1. The van der Waals surface area contributed by atoms with Crippen molar-refractivity contribution >= 4 is 51.7 Å². The number of amides is 1. The molecule has 0 aromatic heterocycles. The lowest BCUT2D eigenvalue weighted by molar-refractivity contribution is -0.122. The number of thioether (sulfide) groups is 2. The predicted octanol–water partition coefficient (Wildman–Crippen LogP) is 4.86. The van der Waals surface area contributed by atoms with Crippen molar-refractivity contribution < 1.29 is 9.53 Å². The summed E-state index contributed by atoms with van der Waals surface area (Å²) in [4.78, 5) is 18.8. The number of methoxy groups -OCH3 is 1. The fourth-order valence-corrected chi connectivity index (χ4v) is 5.71. The standard InChI is InChI=1S/C20H18N2O2S3/c1-3-21-15-11-14(24-2)9-10-16(15)26-19(21)17-18(23)22(20(25)27-17)12-13-7-5-4-6-8-13/h4-11H,3,12H2,1-2H3. The average Bonchev–Trinajstić information content (AvgIpc) is 3.19. The summed E-state index contributed by atoms with van der Waals surface area (Å²) in [7, 11) is 1.66. The van der Waals surface area contributed by atoms with Gasteiger partial charge in [0.05, 0.1) is 19.3 Å². The second-order valence-electron chi connectivity index (χ2n) is 6.06. The number of fused-ring (bicyclic) bond motifs is 1. The Labute approximate surface area is 172 Å². The van der Waals surface area contributed by atoms with E-state index in [1.54, 1.807) is 23.8 Å². The van der Waals surface area contributed by atoms with Gasteiger partial charge in [-0.1, -0.05) is 66.1 Å². The maximum atomic E-state index is 13.1. The Morgan fingerprint density at radius 3 is 2.56 bits per heavy atom. The molecule has 0 spiro atoms. The molecule has 138 valence electrons. The van der Waals surface area contributed by atoms with Crippen molar-refractivity contribution in [2.24, 2.45) is 0 Å². The largest absolute Gasteiger partial charge is 0.497 e. The number of benzene rings is 2. The molecule has 2 aromatic rings. The van der Waals surface area contributed by atoms with Crippen LogP contribution in [-0.4, -0.2) is 28.8 Å². The molecular formula is C20H18N2O2S3. The zero-order valence-corrected chi connectivity index (χ0v) is 17.4. The molecule has 2 aliphatic rings. The Balaban J connectivity index is 1.67. The summed E-state index contributed by atoms with van der Waals surface area (Å²) in [6.45, 7) is 3.35. The van der Waals surface area contributed by atoms with Crippen LogP contribution >= 0.6 is 35.7 Å². The SMILES string of the molecule is CCN1C(=C2SC(=S)N(Cc3ccccc3)C2=O)Sc2ccc(OC)cc21. The molecular weight excluding hydrogens is 396 g/mol. The minimum absolute atomic E-state index is 0.0189. The van der Waals surface area contributed by atoms with Crippen molar-refractivity contribution in [3.63, 3.8) is 0 Å². The van der Waals surface area contributed by atoms with Crippen molar-refractivity contribution in [1.29, 1.82) is 0 Å². The van der Waals surface area contributed by atoms with Crippen molar-refractivity contribution in [2.75, 3.05) is 18.6 Å². The molecule has 0 bridgehead atoms. The third-order valence-electron chi connectivity index (χ3n) is 4.45. The third-order valence-corrected chi connectivity index (χ3v) is 7.20. The van der Waals surface area contributed by atoms with Crippen LogP contribution in [0.25, 0.3) is 0 Å². The van der Waals surface area contributed by atoms with E-state index in [1.807, 2.05) is 48.5 Å². The fraction of sp³-hybridized carbons (Fsp3) is 0.200. The van der Waals surface area contributed by atoms with E-state index >= 15 is 0 Å². The summed E-state index contributed by atoms with van der Waals surface area (Å²) in [5.74, 6) is 0.792. The molecule has 1 amide bonds. The molecule has 0 aliphatic carbocycles. The summed E-state index contributed by atoms with van der Waals surface area (Å²) in [6.07, 6.45) is 0. The number of hydrogen-bond donors (Lipinski definition) is 0. The van der Waals surface area contributed by atoms with E-state index in [-0.39, 0.29) is 5.91 Å². The molecule has 0 radical (unpaired) electrons. The van der Waals surface area contributed by atoms with Crippen LogP contribution in [0.1, 0.15) is 12.5 Å². The van der Waals surface area contributed by atoms with Gasteiger partial charge in [0.1, 0.15) is 20.0 Å². The highest BCUT2D eigenvalue weighted by atomic mass is 32.2. The van der Waals surface area contributed by atoms with Crippen LogP contribution in [0.4, 0.5) is 5.69 Å². The monoisotopic (exact) mass is 414 g/mol. The molecule has 4 nitrogen and oxygen atoms in total. The molecule has 2 aromatic carbocycles. The summed E-state index contributed by atoms with van der Waals surface area (Å²) in [6, 6.07) is 15.9. The van der Waals surface area contributed by atoms with Crippen LogP contribution in [0.15, 0.2) is 63.4 Å². The summed E-state index contributed by atoms with van der Waals surface area (Å²) >= 11 is 8.53. The molecule has 0 unspecified atom stereocenters. The van der Waals surface area contributed by atoms with Gasteiger partial charge in [-0.3, -0.25) is 9.69 Å². The van der Waals surface area contributed by atoms with E-state index in [0.29, 0.717) is 15.8 Å². The van der Waals surface area contributed by atoms with E-state index in [4.69, 9.17) is 17.0 Å². The zero-order valence-electron chi connectivity index (χ0n) is 15.0. The summed E-state index contributed by atoms with van der Waals surface area (Å²) in [5.41, 5.74) is 2.14. The van der Waals surface area contributed by atoms with Gasteiger partial charge in [-0.05, 0) is 24.6 Å². The Kier molecular flexibility index (Phi) is 5.16. The van der Waals surface area contributed by atoms with E-state index in [1.165, 1.54) is 11.8 Å². The number of ether oxygens (including phenoxy) is 1. The van der Waals surface area contributed by atoms with E-state index < -0.39 is 0 Å². The van der Waals surface area contributed by atoms with Gasteiger partial charge in [0.25, 0.3) is 5.91 Å². The fourth-order valence-electron chi connectivity index (χ4n) is 3.10. The van der Waals surface area contributed by atoms with Gasteiger partial charge in [-0.2, -0.15) is 0 Å². The highest BCUT2D eigenvalue weighted by Crippen LogP contribution is 2.51. The predicted molar refractivity (Wildman–Crippen MR) is 116 cm³/mol. The minimum atomic E-state index is -0.0189. The summed E-state index contributed by atoms with van der Waals surface area (Å²) < 4.78 is 5.97. The lowest BCUT2D eigenvalue weighted by Crippen LogP contribution is -2.28. The van der Waals surface area contributed by atoms with Gasteiger partial charge in [0.2, 0.25) is 0 Å². The van der Waals surface area contributed by atoms with E-state index in [2.05, 4.69) is 11.8 Å². The van der Waals surface area contributed by atoms with Crippen LogP contribution in [0.2, 0.25) is 0 Å². The molecule has 27 heavy (non-hydrogen) atoms. The van der Waals surface area contributed by atoms with E-state index in [0.717, 1.165) is 33.5 Å². The van der Waals surface area contributed by atoms with Gasteiger partial charge in [-0.15, -0.1) is 0 Å². The Bertz CT molecular complexity index is 943. The van der Waals surface area contributed by atoms with Crippen molar-refractivity contribution in [3.8, 4) is 5.75 Å². The maximum absolute atomic E-state index is 13.1. The van der Waals surface area contributed by atoms with Crippen LogP contribution in [0.5, 0.6) is 5.75 Å². The number of rotatable bonds is 4. The Hall–Kier alpha value is -1.96. The van der Waals surface area contributed by atoms with Gasteiger partial charge in [-0.25, -0.2) is 0 Å². The van der Waals surface area contributed by atoms with Crippen molar-refractivity contribution in [1.82, 2.24) is 4.90 Å². The van der Waals surface area contributed by atoms with Gasteiger partial charge >= 0.3 is 0 Å². The molecule has 1 fully saturated rings. The Morgan fingerprint density at radius 2 is 1.85 bits per heavy atom. The first-order chi connectivity index (χ1) is 13.1. The molecule has 0 saturated carbocycles. The lowest BCUT2D eigenvalue weighted by Gasteiger charge is -2.19. The van der Waals surface area contributed by atoms with Gasteiger partial charge in [0, 0.05) is 17.5 Å². The van der Waals surface area contributed by atoms with Crippen LogP contribution in [-0.2, 0) is 11.3 Å². The van der Waals surface area contributed by atoms with Crippen molar-refractivity contribution in [2.45, 2.75) is 18.4 Å². The second kappa shape index (κ2) is 7.58. The molecule has 1 saturated heterocycles. The number of thiocarbonyl (C=S) groups is 1. The first kappa shape index (κ1) is 18.4. The van der Waals surface area contributed by atoms with E-state index in [9.17, 15) is 4.79 Å². The number of carbonyl (C=O) groups excluding carboxylic acids is 1. The third kappa shape index (κ3) is 3.35. The smallest absolute Gasteiger partial charge is 0.269 e.